The van der Waals surface area contributed by atoms with Gasteiger partial charge in [0.15, 0.2) is 0 Å². The molecular weight excluding hydrogens is 647 g/mol. The molecule has 3 aromatic heterocycles. The summed E-state index contributed by atoms with van der Waals surface area (Å²) < 4.78 is 15.8. The average Bonchev–Trinajstić information content (AvgIpc) is 3.89. The highest BCUT2D eigenvalue weighted by Crippen LogP contribution is 2.42. The maximum Gasteiger partial charge on any atom is 0.143 e. The summed E-state index contributed by atoms with van der Waals surface area (Å²) in [7, 11) is 0. The second kappa shape index (κ2) is 11.4. The van der Waals surface area contributed by atoms with Gasteiger partial charge in [-0.1, -0.05) is 121 Å². The minimum atomic E-state index is -0.207. The number of nitrogens with one attached hydrogen (secondary N) is 3. The molecule has 3 N–H and O–H groups in total. The molecule has 0 radical (unpaired) electrons. The molecule has 244 valence electrons. The third kappa shape index (κ3) is 4.58. The van der Waals surface area contributed by atoms with E-state index in [1.54, 1.807) is 0 Å². The summed E-state index contributed by atoms with van der Waals surface area (Å²) in [5.41, 5.74) is 9.10. The van der Waals surface area contributed by atoms with Crippen molar-refractivity contribution in [2.45, 2.75) is 18.5 Å². The zero-order valence-electron chi connectivity index (χ0n) is 27.4. The zero-order valence-corrected chi connectivity index (χ0v) is 28.2. The van der Waals surface area contributed by atoms with Gasteiger partial charge in [0.05, 0.1) is 18.5 Å². The van der Waals surface area contributed by atoms with Crippen molar-refractivity contribution in [3.63, 3.8) is 0 Å². The first kappa shape index (κ1) is 29.0. The molecule has 0 amide bonds. The molecule has 3 atom stereocenters. The Hall–Kier alpha value is -5.76. The summed E-state index contributed by atoms with van der Waals surface area (Å²) in [6.45, 7) is 0. The zero-order chi connectivity index (χ0) is 33.5. The molecular formula is C45H31N3O2S. The summed E-state index contributed by atoms with van der Waals surface area (Å²) >= 11 is 1.85. The molecule has 3 unspecified atom stereocenters. The van der Waals surface area contributed by atoms with Crippen LogP contribution in [-0.4, -0.2) is 0 Å². The minimum absolute atomic E-state index is 0.103. The van der Waals surface area contributed by atoms with Crippen LogP contribution in [0.2, 0.25) is 0 Å². The molecule has 1 fully saturated rings. The standard InChI is InChI=1S/C45H31N3O2S/c1-2-11-26(12-3-1)43-46-44(34-18-10-22-39-40(34)33-14-5-7-21-38(33)51-39)48-45(47-43)35-19-9-17-32-31-16-8-15-28(41(31)50-42(32)35)27-23-24-30-29-13-4-6-20-36(29)49-37(30)25-27/h1-25,43-48H. The fourth-order valence-electron chi connectivity index (χ4n) is 8.07. The van der Waals surface area contributed by atoms with Crippen LogP contribution in [0.4, 0.5) is 0 Å². The lowest BCUT2D eigenvalue weighted by Crippen LogP contribution is -2.54. The number of furan rings is 2. The molecule has 1 aliphatic rings. The first-order valence-corrected chi connectivity index (χ1v) is 18.2. The van der Waals surface area contributed by atoms with Gasteiger partial charge in [0.1, 0.15) is 22.3 Å². The normalized spacial score (nSPS) is 18.2. The maximum absolute atomic E-state index is 6.96. The number of para-hydroxylation sites is 3. The molecule has 0 spiro atoms. The maximum atomic E-state index is 6.96. The van der Waals surface area contributed by atoms with Crippen molar-refractivity contribution < 1.29 is 8.83 Å². The Kier molecular flexibility index (Phi) is 6.48. The van der Waals surface area contributed by atoms with Crippen molar-refractivity contribution in [2.24, 2.45) is 0 Å². The van der Waals surface area contributed by atoms with Crippen LogP contribution >= 0.6 is 11.3 Å². The van der Waals surface area contributed by atoms with Crippen LogP contribution in [0.3, 0.4) is 0 Å². The molecule has 11 rings (SSSR count). The van der Waals surface area contributed by atoms with Crippen LogP contribution < -0.4 is 16.0 Å². The molecule has 10 aromatic rings. The van der Waals surface area contributed by atoms with Crippen molar-refractivity contribution in [1.82, 2.24) is 16.0 Å². The molecule has 0 bridgehead atoms. The monoisotopic (exact) mass is 677 g/mol. The molecule has 0 saturated carbocycles. The van der Waals surface area contributed by atoms with Gasteiger partial charge in [0.25, 0.3) is 0 Å². The SMILES string of the molecule is c1ccc(C2NC(c3cccc4c3oc3c(-c5ccc6c(c5)oc5ccccc56)cccc34)NC(c3cccc4sc5ccccc5c34)N2)cc1. The first-order valence-electron chi connectivity index (χ1n) is 17.4. The fourth-order valence-corrected chi connectivity index (χ4v) is 9.21. The van der Waals surface area contributed by atoms with Gasteiger partial charge in [-0.05, 0) is 47.0 Å². The second-order valence-electron chi connectivity index (χ2n) is 13.3. The summed E-state index contributed by atoms with van der Waals surface area (Å²) in [6.07, 6.45) is -0.441. The van der Waals surface area contributed by atoms with Crippen molar-refractivity contribution in [3.8, 4) is 11.1 Å². The van der Waals surface area contributed by atoms with E-state index in [1.807, 2.05) is 23.5 Å². The highest BCUT2D eigenvalue weighted by Gasteiger charge is 2.32. The van der Waals surface area contributed by atoms with Crippen molar-refractivity contribution in [3.05, 3.63) is 168 Å². The van der Waals surface area contributed by atoms with E-state index in [0.717, 1.165) is 60.6 Å². The smallest absolute Gasteiger partial charge is 0.143 e. The van der Waals surface area contributed by atoms with E-state index in [1.165, 1.54) is 31.3 Å². The Balaban J connectivity index is 1.05. The number of fused-ring (bicyclic) bond motifs is 9. The summed E-state index contributed by atoms with van der Waals surface area (Å²) in [6, 6.07) is 53.6. The van der Waals surface area contributed by atoms with Gasteiger partial charge < -0.3 is 8.83 Å². The van der Waals surface area contributed by atoms with Gasteiger partial charge in [0.2, 0.25) is 0 Å². The molecule has 1 aliphatic heterocycles. The average molecular weight is 678 g/mol. The predicted octanol–water partition coefficient (Wildman–Crippen LogP) is 11.7. The summed E-state index contributed by atoms with van der Waals surface area (Å²) in [4.78, 5) is 0. The van der Waals surface area contributed by atoms with E-state index in [-0.39, 0.29) is 18.5 Å². The van der Waals surface area contributed by atoms with Gasteiger partial charge in [0, 0.05) is 52.8 Å². The lowest BCUT2D eigenvalue weighted by atomic mass is 9.99. The molecule has 1 saturated heterocycles. The van der Waals surface area contributed by atoms with Crippen LogP contribution in [0.25, 0.3) is 75.2 Å². The first-order chi connectivity index (χ1) is 25.3. The van der Waals surface area contributed by atoms with Gasteiger partial charge >= 0.3 is 0 Å². The molecule has 4 heterocycles. The van der Waals surface area contributed by atoms with Crippen LogP contribution in [0, 0.1) is 0 Å². The Labute approximate surface area is 297 Å². The van der Waals surface area contributed by atoms with Gasteiger partial charge in [-0.3, -0.25) is 16.0 Å². The van der Waals surface area contributed by atoms with Crippen molar-refractivity contribution >= 4 is 75.4 Å². The van der Waals surface area contributed by atoms with Crippen LogP contribution in [0.15, 0.2) is 160 Å². The highest BCUT2D eigenvalue weighted by molar-refractivity contribution is 7.25. The van der Waals surface area contributed by atoms with Gasteiger partial charge in [-0.25, -0.2) is 0 Å². The second-order valence-corrected chi connectivity index (χ2v) is 14.4. The van der Waals surface area contributed by atoms with E-state index in [9.17, 15) is 0 Å². The van der Waals surface area contributed by atoms with Crippen LogP contribution in [0.1, 0.15) is 35.2 Å². The van der Waals surface area contributed by atoms with E-state index in [4.69, 9.17) is 8.83 Å². The number of hydrogen-bond donors (Lipinski definition) is 3. The van der Waals surface area contributed by atoms with Crippen molar-refractivity contribution in [2.75, 3.05) is 0 Å². The molecule has 0 aliphatic carbocycles. The lowest BCUT2D eigenvalue weighted by Gasteiger charge is -2.39. The van der Waals surface area contributed by atoms with Crippen LogP contribution in [0.5, 0.6) is 0 Å². The van der Waals surface area contributed by atoms with Crippen LogP contribution in [-0.2, 0) is 0 Å². The topological polar surface area (TPSA) is 62.4 Å². The van der Waals surface area contributed by atoms with E-state index < -0.39 is 0 Å². The molecule has 5 nitrogen and oxygen atoms in total. The number of rotatable bonds is 4. The van der Waals surface area contributed by atoms with Gasteiger partial charge in [-0.15, -0.1) is 11.3 Å². The van der Waals surface area contributed by atoms with E-state index in [0.29, 0.717) is 0 Å². The largest absolute Gasteiger partial charge is 0.456 e. The highest BCUT2D eigenvalue weighted by atomic mass is 32.1. The third-order valence-corrected chi connectivity index (χ3v) is 11.6. The number of thiophene rings is 1. The van der Waals surface area contributed by atoms with Gasteiger partial charge in [-0.2, -0.15) is 0 Å². The molecule has 6 heteroatoms. The molecule has 7 aromatic carbocycles. The predicted molar refractivity (Wildman–Crippen MR) is 210 cm³/mol. The van der Waals surface area contributed by atoms with Crippen molar-refractivity contribution in [1.29, 1.82) is 0 Å². The Morgan fingerprint density at radius 3 is 1.98 bits per heavy atom. The quantitative estimate of drug-likeness (QED) is 0.173. The summed E-state index contributed by atoms with van der Waals surface area (Å²) in [5, 5.41) is 18.8. The Morgan fingerprint density at radius 1 is 0.431 bits per heavy atom. The number of benzene rings is 7. The van der Waals surface area contributed by atoms with E-state index >= 15 is 0 Å². The Bertz CT molecular complexity index is 2940. The number of hydrogen-bond acceptors (Lipinski definition) is 6. The third-order valence-electron chi connectivity index (χ3n) is 10.4. The summed E-state index contributed by atoms with van der Waals surface area (Å²) in [5.74, 6) is 0. The molecule has 51 heavy (non-hydrogen) atoms. The lowest BCUT2D eigenvalue weighted by molar-refractivity contribution is 0.204. The Morgan fingerprint density at radius 2 is 1.08 bits per heavy atom. The fraction of sp³-hybridized carbons (Fsp3) is 0.0667. The minimum Gasteiger partial charge on any atom is -0.456 e. The van der Waals surface area contributed by atoms with E-state index in [2.05, 4.69) is 155 Å².